The summed E-state index contributed by atoms with van der Waals surface area (Å²) in [5, 5.41) is 8.31. The normalized spacial score (nSPS) is 19.1. The highest BCUT2D eigenvalue weighted by Gasteiger charge is 2.20. The fraction of sp³-hybridized carbons (Fsp3) is 0.833. The molecule has 0 bridgehead atoms. The van der Waals surface area contributed by atoms with Crippen molar-refractivity contribution in [1.29, 1.82) is 0 Å². The molecular weight excluding hydrogens is 200 g/mol. The third-order valence-corrected chi connectivity index (χ3v) is 3.75. The van der Waals surface area contributed by atoms with E-state index < -0.39 is 0 Å². The highest BCUT2D eigenvalue weighted by molar-refractivity contribution is 4.93. The van der Waals surface area contributed by atoms with Gasteiger partial charge in [0.05, 0.1) is 0 Å². The predicted octanol–water partition coefficient (Wildman–Crippen LogP) is 1.92. The molecule has 1 aromatic heterocycles. The summed E-state index contributed by atoms with van der Waals surface area (Å²) < 4.78 is 2.28. The maximum absolute atomic E-state index is 5.75. The van der Waals surface area contributed by atoms with Gasteiger partial charge in [0.25, 0.3) is 0 Å². The van der Waals surface area contributed by atoms with Gasteiger partial charge in [-0.2, -0.15) is 0 Å². The summed E-state index contributed by atoms with van der Waals surface area (Å²) in [6.45, 7) is 2.93. The summed E-state index contributed by atoms with van der Waals surface area (Å²) in [5.74, 6) is 1.67. The number of rotatable bonds is 5. The van der Waals surface area contributed by atoms with Gasteiger partial charge in [0, 0.05) is 12.5 Å². The van der Waals surface area contributed by atoms with E-state index in [0.29, 0.717) is 12.0 Å². The maximum atomic E-state index is 5.75. The molecule has 1 aliphatic rings. The molecule has 0 saturated heterocycles. The Labute approximate surface area is 97.2 Å². The Morgan fingerprint density at radius 1 is 1.50 bits per heavy atom. The number of nitrogens with zero attached hydrogens (tertiary/aromatic N) is 3. The highest BCUT2D eigenvalue weighted by atomic mass is 15.3. The Balaban J connectivity index is 2.06. The van der Waals surface area contributed by atoms with Crippen LogP contribution in [0.25, 0.3) is 0 Å². The summed E-state index contributed by atoms with van der Waals surface area (Å²) >= 11 is 0. The Morgan fingerprint density at radius 3 is 2.88 bits per heavy atom. The molecule has 1 fully saturated rings. The average molecular weight is 222 g/mol. The van der Waals surface area contributed by atoms with Crippen molar-refractivity contribution in [3.8, 4) is 0 Å². The van der Waals surface area contributed by atoms with E-state index in [0.717, 1.165) is 25.2 Å². The molecule has 2 N–H and O–H groups in total. The molecule has 16 heavy (non-hydrogen) atoms. The molecule has 1 heterocycles. The van der Waals surface area contributed by atoms with Gasteiger partial charge in [-0.3, -0.25) is 0 Å². The fourth-order valence-corrected chi connectivity index (χ4v) is 2.55. The van der Waals surface area contributed by atoms with Gasteiger partial charge in [0.2, 0.25) is 0 Å². The summed E-state index contributed by atoms with van der Waals surface area (Å²) in [6, 6.07) is 0.639. The van der Waals surface area contributed by atoms with Crippen molar-refractivity contribution in [1.82, 2.24) is 14.8 Å². The van der Waals surface area contributed by atoms with E-state index in [4.69, 9.17) is 5.73 Å². The predicted molar refractivity (Wildman–Crippen MR) is 64.1 cm³/mol. The van der Waals surface area contributed by atoms with Crippen LogP contribution in [-0.2, 0) is 6.42 Å². The molecule has 1 aromatic rings. The SMILES string of the molecule is CCC(CN)Cc1nncn1C1CCCC1. The van der Waals surface area contributed by atoms with Crippen LogP contribution in [0.3, 0.4) is 0 Å². The van der Waals surface area contributed by atoms with Gasteiger partial charge in [-0.25, -0.2) is 0 Å². The second-order valence-electron chi connectivity index (χ2n) is 4.81. The fourth-order valence-electron chi connectivity index (χ4n) is 2.55. The first-order valence-electron chi connectivity index (χ1n) is 6.43. The molecule has 0 spiro atoms. The zero-order chi connectivity index (χ0) is 11.4. The lowest BCUT2D eigenvalue weighted by Crippen LogP contribution is -2.19. The van der Waals surface area contributed by atoms with E-state index >= 15 is 0 Å². The Morgan fingerprint density at radius 2 is 2.25 bits per heavy atom. The van der Waals surface area contributed by atoms with Crippen molar-refractivity contribution in [2.24, 2.45) is 11.7 Å². The van der Waals surface area contributed by atoms with E-state index in [1.54, 1.807) is 0 Å². The Hall–Kier alpha value is -0.900. The monoisotopic (exact) mass is 222 g/mol. The van der Waals surface area contributed by atoms with Crippen LogP contribution in [0.2, 0.25) is 0 Å². The van der Waals surface area contributed by atoms with Gasteiger partial charge in [0.15, 0.2) is 0 Å². The number of aromatic nitrogens is 3. The molecule has 1 atom stereocenters. The van der Waals surface area contributed by atoms with Crippen molar-refractivity contribution < 1.29 is 0 Å². The lowest BCUT2D eigenvalue weighted by Gasteiger charge is -2.16. The van der Waals surface area contributed by atoms with Gasteiger partial charge in [-0.1, -0.05) is 26.2 Å². The summed E-state index contributed by atoms with van der Waals surface area (Å²) in [4.78, 5) is 0. The van der Waals surface area contributed by atoms with Crippen LogP contribution in [0.1, 0.15) is 50.9 Å². The van der Waals surface area contributed by atoms with Crippen LogP contribution < -0.4 is 5.73 Å². The molecule has 0 aliphatic heterocycles. The first-order chi connectivity index (χ1) is 7.85. The molecule has 0 aromatic carbocycles. The minimum absolute atomic E-state index is 0.546. The molecule has 4 heteroatoms. The van der Waals surface area contributed by atoms with E-state index in [9.17, 15) is 0 Å². The first-order valence-corrected chi connectivity index (χ1v) is 6.43. The zero-order valence-electron chi connectivity index (χ0n) is 10.1. The summed E-state index contributed by atoms with van der Waals surface area (Å²) in [7, 11) is 0. The second-order valence-corrected chi connectivity index (χ2v) is 4.81. The van der Waals surface area contributed by atoms with Gasteiger partial charge in [-0.05, 0) is 25.3 Å². The molecule has 90 valence electrons. The van der Waals surface area contributed by atoms with Crippen LogP contribution >= 0.6 is 0 Å². The topological polar surface area (TPSA) is 56.7 Å². The Bertz CT molecular complexity index is 311. The van der Waals surface area contributed by atoms with Crippen LogP contribution in [0.4, 0.5) is 0 Å². The molecule has 2 rings (SSSR count). The van der Waals surface area contributed by atoms with Gasteiger partial charge in [0.1, 0.15) is 12.2 Å². The van der Waals surface area contributed by atoms with E-state index in [-0.39, 0.29) is 0 Å². The number of hydrogen-bond acceptors (Lipinski definition) is 3. The Kier molecular flexibility index (Phi) is 3.93. The molecule has 0 amide bonds. The van der Waals surface area contributed by atoms with E-state index in [1.807, 2.05) is 6.33 Å². The minimum atomic E-state index is 0.546. The number of nitrogens with two attached hydrogens (primary N) is 1. The largest absolute Gasteiger partial charge is 0.330 e. The molecule has 4 nitrogen and oxygen atoms in total. The van der Waals surface area contributed by atoms with Crippen molar-refractivity contribution in [3.63, 3.8) is 0 Å². The molecular formula is C12H22N4. The van der Waals surface area contributed by atoms with Crippen molar-refractivity contribution in [2.75, 3.05) is 6.54 Å². The van der Waals surface area contributed by atoms with Gasteiger partial charge >= 0.3 is 0 Å². The van der Waals surface area contributed by atoms with Crippen LogP contribution in [0.5, 0.6) is 0 Å². The van der Waals surface area contributed by atoms with E-state index in [1.165, 1.54) is 25.7 Å². The van der Waals surface area contributed by atoms with E-state index in [2.05, 4.69) is 21.7 Å². The van der Waals surface area contributed by atoms with Crippen LogP contribution in [0.15, 0.2) is 6.33 Å². The van der Waals surface area contributed by atoms with Crippen LogP contribution in [0, 0.1) is 5.92 Å². The summed E-state index contributed by atoms with van der Waals surface area (Å²) in [6.07, 6.45) is 9.24. The van der Waals surface area contributed by atoms with Gasteiger partial charge in [-0.15, -0.1) is 10.2 Å². The minimum Gasteiger partial charge on any atom is -0.330 e. The smallest absolute Gasteiger partial charge is 0.133 e. The zero-order valence-corrected chi connectivity index (χ0v) is 10.1. The molecule has 1 saturated carbocycles. The summed E-state index contributed by atoms with van der Waals surface area (Å²) in [5.41, 5.74) is 5.75. The molecule has 1 unspecified atom stereocenters. The molecule has 0 radical (unpaired) electrons. The van der Waals surface area contributed by atoms with Crippen molar-refractivity contribution in [2.45, 2.75) is 51.5 Å². The first kappa shape index (κ1) is 11.6. The second kappa shape index (κ2) is 5.43. The van der Waals surface area contributed by atoms with Crippen LogP contribution in [-0.4, -0.2) is 21.3 Å². The highest BCUT2D eigenvalue weighted by Crippen LogP contribution is 2.30. The van der Waals surface area contributed by atoms with Gasteiger partial charge < -0.3 is 10.3 Å². The average Bonchev–Trinajstić information content (AvgIpc) is 2.95. The standard InChI is InChI=1S/C12H22N4/c1-2-10(8-13)7-12-15-14-9-16(12)11-5-3-4-6-11/h9-11H,2-8,13H2,1H3. The van der Waals surface area contributed by atoms with Crippen molar-refractivity contribution in [3.05, 3.63) is 12.2 Å². The molecule has 1 aliphatic carbocycles. The third kappa shape index (κ3) is 2.43. The quantitative estimate of drug-likeness (QED) is 0.828. The maximum Gasteiger partial charge on any atom is 0.133 e. The lowest BCUT2D eigenvalue weighted by molar-refractivity contribution is 0.450. The lowest BCUT2D eigenvalue weighted by atomic mass is 10.0. The number of hydrogen-bond donors (Lipinski definition) is 1. The van der Waals surface area contributed by atoms with Crippen molar-refractivity contribution >= 4 is 0 Å². The third-order valence-electron chi connectivity index (χ3n) is 3.75.